The second-order valence-electron chi connectivity index (χ2n) is 5.56. The smallest absolute Gasteiger partial charge is 0.331 e. The number of hydrogen-bond acceptors (Lipinski definition) is 5. The van der Waals surface area contributed by atoms with Crippen LogP contribution in [-0.4, -0.2) is 35.0 Å². The molecule has 1 heterocycles. The first kappa shape index (κ1) is 18.1. The van der Waals surface area contributed by atoms with Crippen LogP contribution < -0.4 is 4.74 Å². The number of rotatable bonds is 4. The molecule has 0 aromatic heterocycles. The summed E-state index contributed by atoms with van der Waals surface area (Å²) in [5.41, 5.74) is 0.643. The van der Waals surface area contributed by atoms with Gasteiger partial charge in [0.05, 0.1) is 21.2 Å². The quantitative estimate of drug-likeness (QED) is 0.345. The molecule has 2 aromatic carbocycles. The summed E-state index contributed by atoms with van der Waals surface area (Å²) in [6, 6.07) is 8.53. The number of ketones is 1. The van der Waals surface area contributed by atoms with Gasteiger partial charge in [0.15, 0.2) is 5.78 Å². The monoisotopic (exact) mass is 391 g/mol. The van der Waals surface area contributed by atoms with E-state index in [9.17, 15) is 19.2 Å². The Hall–Kier alpha value is -2.70. The van der Waals surface area contributed by atoms with Gasteiger partial charge in [0, 0.05) is 5.56 Å². The van der Waals surface area contributed by atoms with Gasteiger partial charge in [0.25, 0.3) is 11.8 Å². The van der Waals surface area contributed by atoms with Crippen molar-refractivity contribution >= 4 is 46.8 Å². The zero-order valence-electron chi connectivity index (χ0n) is 13.4. The second-order valence-corrected chi connectivity index (χ2v) is 6.38. The van der Waals surface area contributed by atoms with Crippen LogP contribution in [0.4, 0.5) is 0 Å². The first-order valence-electron chi connectivity index (χ1n) is 7.45. The summed E-state index contributed by atoms with van der Waals surface area (Å²) in [4.78, 5) is 48.7. The standard InChI is InChI=1S/C18H11Cl2NO5/c1-9(22)10-2-4-11(5-3-10)26-16(23)8-21-17(24)12-6-14(19)15(20)7-13(12)18(21)25/h2-7H,8H2,1H3. The minimum absolute atomic E-state index is 0.0861. The number of nitrogens with zero attached hydrogens (tertiary/aromatic N) is 1. The number of fused-ring (bicyclic) bond motifs is 1. The van der Waals surface area contributed by atoms with Crippen LogP contribution in [0.5, 0.6) is 5.75 Å². The maximum atomic E-state index is 12.3. The van der Waals surface area contributed by atoms with Crippen molar-refractivity contribution in [3.8, 4) is 5.75 Å². The number of carbonyl (C=O) groups is 4. The predicted octanol–water partition coefficient (Wildman–Crippen LogP) is 3.40. The van der Waals surface area contributed by atoms with Crippen molar-refractivity contribution in [2.75, 3.05) is 6.54 Å². The summed E-state index contributed by atoms with van der Waals surface area (Å²) in [5, 5.41) is 0.281. The van der Waals surface area contributed by atoms with Crippen LogP contribution in [0.25, 0.3) is 0 Å². The highest BCUT2D eigenvalue weighted by atomic mass is 35.5. The third-order valence-corrected chi connectivity index (χ3v) is 4.51. The Bertz CT molecular complexity index is 912. The minimum Gasteiger partial charge on any atom is -0.425 e. The summed E-state index contributed by atoms with van der Waals surface area (Å²) in [5.74, 6) is -2.01. The third kappa shape index (κ3) is 3.34. The fraction of sp³-hybridized carbons (Fsp3) is 0.111. The zero-order chi connectivity index (χ0) is 19.0. The van der Waals surface area contributed by atoms with E-state index >= 15 is 0 Å². The number of imide groups is 1. The lowest BCUT2D eigenvalue weighted by molar-refractivity contribution is -0.134. The molecule has 1 aliphatic rings. The fourth-order valence-corrected chi connectivity index (χ4v) is 2.81. The van der Waals surface area contributed by atoms with Gasteiger partial charge < -0.3 is 4.74 Å². The van der Waals surface area contributed by atoms with Gasteiger partial charge >= 0.3 is 5.97 Å². The lowest BCUT2D eigenvalue weighted by Gasteiger charge is -2.13. The summed E-state index contributed by atoms with van der Waals surface area (Å²) in [6.07, 6.45) is 0. The number of Topliss-reactive ketones (excluding diaryl/α,β-unsaturated/α-hetero) is 1. The van der Waals surface area contributed by atoms with Gasteiger partial charge in [0.1, 0.15) is 12.3 Å². The molecule has 0 saturated heterocycles. The van der Waals surface area contributed by atoms with Gasteiger partial charge in [-0.25, -0.2) is 4.79 Å². The summed E-state index contributed by atoms with van der Waals surface area (Å²) in [6.45, 7) is 0.859. The van der Waals surface area contributed by atoms with E-state index in [0.717, 1.165) is 4.90 Å². The van der Waals surface area contributed by atoms with Crippen LogP contribution >= 0.6 is 23.2 Å². The van der Waals surface area contributed by atoms with Crippen molar-refractivity contribution in [2.24, 2.45) is 0 Å². The number of hydrogen-bond donors (Lipinski definition) is 0. The van der Waals surface area contributed by atoms with Crippen LogP contribution in [0.2, 0.25) is 10.0 Å². The summed E-state index contributed by atoms with van der Waals surface area (Å²) < 4.78 is 5.11. The predicted molar refractivity (Wildman–Crippen MR) is 93.9 cm³/mol. The average Bonchev–Trinajstić information content (AvgIpc) is 2.80. The van der Waals surface area contributed by atoms with E-state index in [1.165, 1.54) is 43.3 Å². The van der Waals surface area contributed by atoms with Gasteiger partial charge in [-0.3, -0.25) is 19.3 Å². The molecule has 0 unspecified atom stereocenters. The Kier molecular flexibility index (Phi) is 4.80. The van der Waals surface area contributed by atoms with Crippen LogP contribution in [0.3, 0.4) is 0 Å². The number of ether oxygens (including phenoxy) is 1. The minimum atomic E-state index is -0.799. The van der Waals surface area contributed by atoms with E-state index in [0.29, 0.717) is 5.56 Å². The Balaban J connectivity index is 1.73. The van der Waals surface area contributed by atoms with Crippen LogP contribution in [0.15, 0.2) is 36.4 Å². The van der Waals surface area contributed by atoms with Crippen LogP contribution in [0.1, 0.15) is 38.0 Å². The largest absolute Gasteiger partial charge is 0.425 e. The molecular weight excluding hydrogens is 381 g/mol. The summed E-state index contributed by atoms with van der Waals surface area (Å²) in [7, 11) is 0. The number of halogens is 2. The molecule has 2 amide bonds. The van der Waals surface area contributed by atoms with Crippen molar-refractivity contribution in [3.05, 3.63) is 63.1 Å². The maximum absolute atomic E-state index is 12.3. The first-order valence-corrected chi connectivity index (χ1v) is 8.20. The highest BCUT2D eigenvalue weighted by molar-refractivity contribution is 6.43. The molecule has 6 nitrogen and oxygen atoms in total. The molecule has 3 rings (SSSR count). The number of esters is 1. The molecule has 8 heteroatoms. The second kappa shape index (κ2) is 6.90. The van der Waals surface area contributed by atoms with E-state index < -0.39 is 24.3 Å². The molecule has 0 N–H and O–H groups in total. The highest BCUT2D eigenvalue weighted by Crippen LogP contribution is 2.31. The van der Waals surface area contributed by atoms with Gasteiger partial charge in [-0.1, -0.05) is 23.2 Å². The molecule has 132 valence electrons. The fourth-order valence-electron chi connectivity index (χ4n) is 2.48. The maximum Gasteiger partial charge on any atom is 0.331 e. The normalized spacial score (nSPS) is 13.0. The van der Waals surface area contributed by atoms with E-state index in [-0.39, 0.29) is 32.7 Å². The molecule has 0 aliphatic carbocycles. The molecule has 0 radical (unpaired) electrons. The third-order valence-electron chi connectivity index (χ3n) is 3.79. The molecule has 2 aromatic rings. The first-order chi connectivity index (χ1) is 12.3. The lowest BCUT2D eigenvalue weighted by atomic mass is 10.1. The highest BCUT2D eigenvalue weighted by Gasteiger charge is 2.37. The van der Waals surface area contributed by atoms with Gasteiger partial charge in [-0.15, -0.1) is 0 Å². The van der Waals surface area contributed by atoms with Crippen molar-refractivity contribution in [3.63, 3.8) is 0 Å². The van der Waals surface area contributed by atoms with Crippen molar-refractivity contribution in [2.45, 2.75) is 6.92 Å². The van der Waals surface area contributed by atoms with Crippen LogP contribution in [0, 0.1) is 0 Å². The SMILES string of the molecule is CC(=O)c1ccc(OC(=O)CN2C(=O)c3cc(Cl)c(Cl)cc3C2=O)cc1. The van der Waals surface area contributed by atoms with Crippen LogP contribution in [-0.2, 0) is 4.79 Å². The van der Waals surface area contributed by atoms with E-state index in [1.54, 1.807) is 0 Å². The molecule has 0 atom stereocenters. The molecular formula is C18H11Cl2NO5. The Morgan fingerprint density at radius 3 is 1.92 bits per heavy atom. The average molecular weight is 392 g/mol. The molecule has 0 fully saturated rings. The van der Waals surface area contributed by atoms with E-state index in [4.69, 9.17) is 27.9 Å². The summed E-state index contributed by atoms with van der Waals surface area (Å²) >= 11 is 11.7. The topological polar surface area (TPSA) is 80.8 Å². The van der Waals surface area contributed by atoms with Crippen molar-refractivity contribution < 1.29 is 23.9 Å². The number of amides is 2. The number of benzene rings is 2. The Labute approximate surface area is 158 Å². The molecule has 1 aliphatic heterocycles. The molecule has 0 spiro atoms. The molecule has 0 saturated carbocycles. The number of carbonyl (C=O) groups excluding carboxylic acids is 4. The van der Waals surface area contributed by atoms with Crippen molar-refractivity contribution in [1.82, 2.24) is 4.90 Å². The lowest BCUT2D eigenvalue weighted by Crippen LogP contribution is -2.36. The van der Waals surface area contributed by atoms with E-state index in [2.05, 4.69) is 0 Å². The Morgan fingerprint density at radius 1 is 0.962 bits per heavy atom. The van der Waals surface area contributed by atoms with Gasteiger partial charge in [-0.2, -0.15) is 0 Å². The Morgan fingerprint density at radius 2 is 1.46 bits per heavy atom. The van der Waals surface area contributed by atoms with Gasteiger partial charge in [-0.05, 0) is 43.3 Å². The molecule has 26 heavy (non-hydrogen) atoms. The molecule has 0 bridgehead atoms. The van der Waals surface area contributed by atoms with E-state index in [1.807, 2.05) is 0 Å². The van der Waals surface area contributed by atoms with Crippen molar-refractivity contribution in [1.29, 1.82) is 0 Å². The zero-order valence-corrected chi connectivity index (χ0v) is 14.9. The van der Waals surface area contributed by atoms with Gasteiger partial charge in [0.2, 0.25) is 0 Å².